The van der Waals surface area contributed by atoms with Crippen molar-refractivity contribution < 1.29 is 19.7 Å². The molecule has 0 saturated carbocycles. The lowest BCUT2D eigenvalue weighted by molar-refractivity contribution is 0.284. The first kappa shape index (κ1) is 21.5. The monoisotopic (exact) mass is 450 g/mol. The number of aromatic hydroxyl groups is 1. The van der Waals surface area contributed by atoms with Gasteiger partial charge in [0.1, 0.15) is 12.1 Å². The highest BCUT2D eigenvalue weighted by atomic mass is 32.1. The number of benzene rings is 2. The van der Waals surface area contributed by atoms with Crippen molar-refractivity contribution in [3.05, 3.63) is 59.9 Å². The first-order chi connectivity index (χ1) is 15.7. The smallest absolute Gasteiger partial charge is 0.167 e. The highest BCUT2D eigenvalue weighted by molar-refractivity contribution is 7.23. The Kier molecular flexibility index (Phi) is 6.48. The number of ether oxygens (including phenoxy) is 2. The van der Waals surface area contributed by atoms with Gasteiger partial charge in [-0.2, -0.15) is 5.10 Å². The molecule has 0 fully saturated rings. The summed E-state index contributed by atoms with van der Waals surface area (Å²) in [6, 6.07) is 12.7. The summed E-state index contributed by atoms with van der Waals surface area (Å²) in [5.41, 5.74) is 5.90. The third-order valence-electron chi connectivity index (χ3n) is 4.74. The molecule has 0 radical (unpaired) electrons. The highest BCUT2D eigenvalue weighted by Gasteiger charge is 2.19. The van der Waals surface area contributed by atoms with Gasteiger partial charge in [-0.25, -0.2) is 9.97 Å². The average Bonchev–Trinajstić information content (AvgIpc) is 3.19. The lowest BCUT2D eigenvalue weighted by atomic mass is 10.1. The maximum absolute atomic E-state index is 10.1. The Hall–Kier alpha value is -3.69. The fraction of sp³-hybridized carbons (Fsp3) is 0.174. The molecule has 164 valence electrons. The van der Waals surface area contributed by atoms with Gasteiger partial charge in [-0.05, 0) is 42.8 Å². The zero-order valence-electron chi connectivity index (χ0n) is 17.6. The first-order valence-corrected chi connectivity index (χ1v) is 10.7. The van der Waals surface area contributed by atoms with Crippen LogP contribution >= 0.6 is 11.3 Å². The Morgan fingerprint density at radius 1 is 1.16 bits per heavy atom. The van der Waals surface area contributed by atoms with Gasteiger partial charge >= 0.3 is 0 Å². The summed E-state index contributed by atoms with van der Waals surface area (Å²) in [4.78, 5) is 9.58. The molecule has 0 unspecified atom stereocenters. The number of nitrogens with zero attached hydrogens (tertiary/aromatic N) is 3. The van der Waals surface area contributed by atoms with Gasteiger partial charge in [0.15, 0.2) is 17.3 Å². The number of fused-ring (bicyclic) bond motifs is 1. The molecule has 2 aromatic carbocycles. The molecule has 0 aliphatic rings. The van der Waals surface area contributed by atoms with Gasteiger partial charge < -0.3 is 19.7 Å². The number of hydrogen-bond donors (Lipinski definition) is 3. The van der Waals surface area contributed by atoms with Gasteiger partial charge in [0, 0.05) is 16.0 Å². The normalized spacial score (nSPS) is 11.2. The molecule has 0 aliphatic carbocycles. The summed E-state index contributed by atoms with van der Waals surface area (Å²) in [6.45, 7) is 2.31. The second kappa shape index (κ2) is 9.63. The number of aliphatic hydroxyl groups is 1. The van der Waals surface area contributed by atoms with E-state index in [0.29, 0.717) is 34.8 Å². The summed E-state index contributed by atoms with van der Waals surface area (Å²) < 4.78 is 11.6. The molecule has 8 nitrogen and oxygen atoms in total. The Morgan fingerprint density at radius 3 is 2.75 bits per heavy atom. The van der Waals surface area contributed by atoms with E-state index in [0.717, 1.165) is 20.9 Å². The molecule has 0 amide bonds. The van der Waals surface area contributed by atoms with Crippen LogP contribution in [0.5, 0.6) is 17.2 Å². The molecule has 4 rings (SSSR count). The quantitative estimate of drug-likeness (QED) is 0.269. The van der Waals surface area contributed by atoms with Crippen LogP contribution in [0.25, 0.3) is 20.7 Å². The number of aliphatic hydroxyl groups excluding tert-OH is 1. The number of phenols is 1. The number of nitrogens with one attached hydrogen (secondary N) is 1. The fourth-order valence-corrected chi connectivity index (χ4v) is 4.53. The van der Waals surface area contributed by atoms with E-state index < -0.39 is 0 Å². The Morgan fingerprint density at radius 2 is 2.00 bits per heavy atom. The summed E-state index contributed by atoms with van der Waals surface area (Å²) >= 11 is 1.46. The van der Waals surface area contributed by atoms with Crippen molar-refractivity contribution >= 4 is 33.6 Å². The molecule has 0 spiro atoms. The average molecular weight is 451 g/mol. The van der Waals surface area contributed by atoms with Gasteiger partial charge in [0.05, 0.1) is 36.8 Å². The van der Waals surface area contributed by atoms with Crippen molar-refractivity contribution in [2.24, 2.45) is 5.10 Å². The van der Waals surface area contributed by atoms with Gasteiger partial charge in [-0.1, -0.05) is 12.1 Å². The van der Waals surface area contributed by atoms with Crippen LogP contribution in [-0.2, 0) is 6.61 Å². The summed E-state index contributed by atoms with van der Waals surface area (Å²) in [6.07, 6.45) is 3.00. The van der Waals surface area contributed by atoms with E-state index in [1.54, 1.807) is 24.4 Å². The predicted octanol–water partition coefficient (Wildman–Crippen LogP) is 4.41. The van der Waals surface area contributed by atoms with Crippen LogP contribution < -0.4 is 14.9 Å². The van der Waals surface area contributed by atoms with E-state index >= 15 is 0 Å². The summed E-state index contributed by atoms with van der Waals surface area (Å²) in [5.74, 6) is 1.69. The Bertz CT molecular complexity index is 1270. The van der Waals surface area contributed by atoms with Crippen LogP contribution in [0.15, 0.2) is 53.9 Å². The SMILES string of the molecule is CCOc1ccccc1-c1sc2c(NN=Cc3ccc(OC)c(O)c3)ncnc2c1CO. The van der Waals surface area contributed by atoms with E-state index in [-0.39, 0.29) is 12.4 Å². The lowest BCUT2D eigenvalue weighted by Crippen LogP contribution is -1.96. The molecule has 3 N–H and O–H groups in total. The van der Waals surface area contributed by atoms with Crippen molar-refractivity contribution in [1.82, 2.24) is 9.97 Å². The van der Waals surface area contributed by atoms with Crippen LogP contribution in [0.4, 0.5) is 5.82 Å². The second-order valence-electron chi connectivity index (χ2n) is 6.70. The molecule has 9 heteroatoms. The van der Waals surface area contributed by atoms with Crippen LogP contribution in [0.3, 0.4) is 0 Å². The van der Waals surface area contributed by atoms with Gasteiger partial charge in [-0.3, -0.25) is 5.43 Å². The third-order valence-corrected chi connectivity index (χ3v) is 6.01. The highest BCUT2D eigenvalue weighted by Crippen LogP contribution is 2.43. The van der Waals surface area contributed by atoms with Gasteiger partial charge in [0.25, 0.3) is 0 Å². The maximum Gasteiger partial charge on any atom is 0.167 e. The van der Waals surface area contributed by atoms with E-state index in [2.05, 4.69) is 20.5 Å². The van der Waals surface area contributed by atoms with Crippen LogP contribution in [-0.4, -0.2) is 40.1 Å². The minimum absolute atomic E-state index is 0.0318. The number of thiophene rings is 1. The van der Waals surface area contributed by atoms with Crippen LogP contribution in [0, 0.1) is 0 Å². The molecule has 2 aromatic heterocycles. The van der Waals surface area contributed by atoms with E-state index in [1.807, 2.05) is 31.2 Å². The number of hydrogen-bond acceptors (Lipinski definition) is 9. The maximum atomic E-state index is 10.1. The standard InChI is InChI=1S/C23H22N4O4S/c1-3-31-18-7-5-4-6-15(18)21-16(12-28)20-22(32-21)23(25-13-24-20)27-26-11-14-8-9-19(30-2)17(29)10-14/h4-11,13,28-29H,3,12H2,1-2H3,(H,24,25,27). The molecule has 4 aromatic rings. The molecule has 0 atom stereocenters. The Balaban J connectivity index is 1.69. The van der Waals surface area contributed by atoms with E-state index in [9.17, 15) is 10.2 Å². The molecule has 32 heavy (non-hydrogen) atoms. The minimum Gasteiger partial charge on any atom is -0.504 e. The number of aromatic nitrogens is 2. The molecular formula is C23H22N4O4S. The first-order valence-electron chi connectivity index (χ1n) is 9.91. The summed E-state index contributed by atoms with van der Waals surface area (Å²) in [5, 5.41) is 24.3. The molecule has 0 saturated heterocycles. The number of para-hydroxylation sites is 1. The third kappa shape index (κ3) is 4.20. The minimum atomic E-state index is -0.166. The van der Waals surface area contributed by atoms with Crippen molar-refractivity contribution in [1.29, 1.82) is 0 Å². The van der Waals surface area contributed by atoms with E-state index in [1.165, 1.54) is 24.8 Å². The van der Waals surface area contributed by atoms with E-state index in [4.69, 9.17) is 9.47 Å². The fourth-order valence-electron chi connectivity index (χ4n) is 3.29. The van der Waals surface area contributed by atoms with Crippen molar-refractivity contribution in [2.45, 2.75) is 13.5 Å². The number of methoxy groups -OCH3 is 1. The van der Waals surface area contributed by atoms with Crippen molar-refractivity contribution in [3.63, 3.8) is 0 Å². The summed E-state index contributed by atoms with van der Waals surface area (Å²) in [7, 11) is 1.49. The topological polar surface area (TPSA) is 109 Å². The number of anilines is 1. The Labute approximate surface area is 188 Å². The van der Waals surface area contributed by atoms with Crippen molar-refractivity contribution in [2.75, 3.05) is 19.1 Å². The number of rotatable bonds is 8. The number of phenolic OH excluding ortho intramolecular Hbond substituents is 1. The lowest BCUT2D eigenvalue weighted by Gasteiger charge is -2.09. The molecule has 2 heterocycles. The zero-order valence-corrected chi connectivity index (χ0v) is 18.4. The van der Waals surface area contributed by atoms with Gasteiger partial charge in [-0.15, -0.1) is 11.3 Å². The van der Waals surface area contributed by atoms with Gasteiger partial charge in [0.2, 0.25) is 0 Å². The largest absolute Gasteiger partial charge is 0.504 e. The van der Waals surface area contributed by atoms with Crippen LogP contribution in [0.2, 0.25) is 0 Å². The molecule has 0 aliphatic heterocycles. The predicted molar refractivity (Wildman–Crippen MR) is 126 cm³/mol. The second-order valence-corrected chi connectivity index (χ2v) is 7.72. The van der Waals surface area contributed by atoms with Crippen molar-refractivity contribution in [3.8, 4) is 27.7 Å². The number of hydrazone groups is 1. The molecular weight excluding hydrogens is 428 g/mol. The van der Waals surface area contributed by atoms with Crippen LogP contribution in [0.1, 0.15) is 18.1 Å². The molecule has 0 bridgehead atoms. The zero-order chi connectivity index (χ0) is 22.5.